The summed E-state index contributed by atoms with van der Waals surface area (Å²) in [5.41, 5.74) is 4.05. The van der Waals surface area contributed by atoms with Crippen molar-refractivity contribution in [3.05, 3.63) is 70.8 Å². The first-order valence-corrected chi connectivity index (χ1v) is 7.27. The zero-order valence-electron chi connectivity index (χ0n) is 12.7. The number of hydrogen-bond acceptors (Lipinski definition) is 2. The van der Waals surface area contributed by atoms with E-state index in [0.29, 0.717) is 6.42 Å². The Labute approximate surface area is 135 Å². The lowest BCUT2D eigenvalue weighted by molar-refractivity contribution is -0.136. The zero-order chi connectivity index (χ0) is 16.5. The van der Waals surface area contributed by atoms with Crippen LogP contribution in [0.3, 0.4) is 0 Å². The van der Waals surface area contributed by atoms with Crippen LogP contribution in [0.15, 0.2) is 48.5 Å². The highest BCUT2D eigenvalue weighted by atomic mass is 35.5. The number of benzene rings is 2. The summed E-state index contributed by atoms with van der Waals surface area (Å²) in [6.45, 7) is 3.88. The van der Waals surface area contributed by atoms with E-state index in [2.05, 4.69) is 0 Å². The van der Waals surface area contributed by atoms with Gasteiger partial charge in [0.05, 0.1) is 6.42 Å². The Bertz CT molecular complexity index is 593. The number of carbonyl (C=O) groups excluding carboxylic acids is 1. The van der Waals surface area contributed by atoms with E-state index >= 15 is 0 Å². The second-order valence-corrected chi connectivity index (χ2v) is 5.38. The minimum Gasteiger partial charge on any atom is -0.481 e. The summed E-state index contributed by atoms with van der Waals surface area (Å²) in [5, 5.41) is 8.19. The van der Waals surface area contributed by atoms with Gasteiger partial charge in [0.1, 0.15) is 0 Å². The van der Waals surface area contributed by atoms with Gasteiger partial charge >= 0.3 is 5.97 Å². The first-order chi connectivity index (χ1) is 10.4. The molecule has 0 heterocycles. The maximum Gasteiger partial charge on any atom is 0.307 e. The van der Waals surface area contributed by atoms with E-state index in [1.54, 1.807) is 0 Å². The van der Waals surface area contributed by atoms with Gasteiger partial charge in [0, 0.05) is 6.42 Å². The van der Waals surface area contributed by atoms with Crippen LogP contribution >= 0.6 is 11.6 Å². The lowest BCUT2D eigenvalue weighted by Gasteiger charge is -1.99. The Morgan fingerprint density at radius 1 is 0.864 bits per heavy atom. The molecule has 0 saturated carbocycles. The van der Waals surface area contributed by atoms with Crippen molar-refractivity contribution < 1.29 is 14.7 Å². The van der Waals surface area contributed by atoms with Gasteiger partial charge in [0.2, 0.25) is 5.24 Å². The fourth-order valence-electron chi connectivity index (χ4n) is 1.93. The van der Waals surface area contributed by atoms with Crippen molar-refractivity contribution in [2.24, 2.45) is 0 Å². The van der Waals surface area contributed by atoms with E-state index in [0.717, 1.165) is 22.3 Å². The molecular weight excluding hydrogens is 300 g/mol. The third-order valence-corrected chi connectivity index (χ3v) is 3.33. The Morgan fingerprint density at radius 3 is 1.64 bits per heavy atom. The van der Waals surface area contributed by atoms with Crippen LogP contribution in [0, 0.1) is 13.8 Å². The maximum atomic E-state index is 10.5. The molecule has 0 aromatic heterocycles. The maximum absolute atomic E-state index is 10.5. The van der Waals surface area contributed by atoms with Gasteiger partial charge in [0.25, 0.3) is 0 Å². The summed E-state index contributed by atoms with van der Waals surface area (Å²) >= 11 is 5.25. The zero-order valence-corrected chi connectivity index (χ0v) is 13.4. The quantitative estimate of drug-likeness (QED) is 0.869. The van der Waals surface area contributed by atoms with Crippen LogP contribution in [0.2, 0.25) is 0 Å². The van der Waals surface area contributed by atoms with Gasteiger partial charge in [-0.1, -0.05) is 48.5 Å². The normalized spacial score (nSPS) is 9.59. The van der Waals surface area contributed by atoms with E-state index in [9.17, 15) is 9.59 Å². The van der Waals surface area contributed by atoms with E-state index in [1.165, 1.54) is 0 Å². The molecule has 0 saturated heterocycles. The van der Waals surface area contributed by atoms with Crippen LogP contribution in [0.1, 0.15) is 22.3 Å². The number of carbonyl (C=O) groups is 2. The molecule has 0 amide bonds. The van der Waals surface area contributed by atoms with Gasteiger partial charge in [-0.3, -0.25) is 9.59 Å². The van der Waals surface area contributed by atoms with Crippen molar-refractivity contribution >= 4 is 22.8 Å². The first kappa shape index (κ1) is 17.9. The van der Waals surface area contributed by atoms with E-state index in [-0.39, 0.29) is 11.7 Å². The first-order valence-electron chi connectivity index (χ1n) is 6.89. The Morgan fingerprint density at radius 2 is 1.27 bits per heavy atom. The molecule has 22 heavy (non-hydrogen) atoms. The molecule has 0 unspecified atom stereocenters. The molecule has 116 valence electrons. The average Bonchev–Trinajstić information content (AvgIpc) is 2.44. The van der Waals surface area contributed by atoms with Gasteiger partial charge in [-0.2, -0.15) is 0 Å². The fraction of sp³-hybridized carbons (Fsp3) is 0.222. The molecule has 0 spiro atoms. The fourth-order valence-corrected chi connectivity index (χ4v) is 2.07. The number of halogens is 1. The highest BCUT2D eigenvalue weighted by Gasteiger charge is 2.01. The molecule has 0 radical (unpaired) electrons. The monoisotopic (exact) mass is 318 g/mol. The van der Waals surface area contributed by atoms with Crippen LogP contribution in [0.4, 0.5) is 0 Å². The number of hydrogen-bond donors (Lipinski definition) is 1. The summed E-state index contributed by atoms with van der Waals surface area (Å²) in [6, 6.07) is 15.2. The summed E-state index contributed by atoms with van der Waals surface area (Å²) in [4.78, 5) is 20.9. The minimum atomic E-state index is -0.778. The molecule has 3 nitrogen and oxygen atoms in total. The number of rotatable bonds is 4. The minimum absolute atomic E-state index is 0.118. The summed E-state index contributed by atoms with van der Waals surface area (Å²) in [7, 11) is 0. The molecule has 2 rings (SSSR count). The molecule has 0 aliphatic carbocycles. The standard InChI is InChI=1S/C9H9ClO.C9H10O2/c2*1-7-4-2-3-5-8(7)6-9(10)11/h2-5H,6H2,1H3;2-5H,6H2,1H3,(H,10,11). The summed E-state index contributed by atoms with van der Waals surface area (Å²) in [5.74, 6) is -0.778. The Balaban J connectivity index is 0.000000220. The molecule has 4 heteroatoms. The van der Waals surface area contributed by atoms with Crippen molar-refractivity contribution in [1.82, 2.24) is 0 Å². The predicted octanol–water partition coefficient (Wildman–Crippen LogP) is 3.93. The second kappa shape index (κ2) is 9.00. The molecule has 2 aromatic carbocycles. The van der Waals surface area contributed by atoms with Crippen molar-refractivity contribution in [3.63, 3.8) is 0 Å². The van der Waals surface area contributed by atoms with Crippen LogP contribution in [0.25, 0.3) is 0 Å². The summed E-state index contributed by atoms with van der Waals surface area (Å²) < 4.78 is 0. The van der Waals surface area contributed by atoms with Gasteiger partial charge < -0.3 is 5.11 Å². The lowest BCUT2D eigenvalue weighted by atomic mass is 10.1. The molecule has 0 fully saturated rings. The predicted molar refractivity (Wildman–Crippen MR) is 88.3 cm³/mol. The van der Waals surface area contributed by atoms with Gasteiger partial charge in [-0.05, 0) is 47.7 Å². The van der Waals surface area contributed by atoms with E-state index < -0.39 is 5.97 Å². The average molecular weight is 319 g/mol. The largest absolute Gasteiger partial charge is 0.481 e. The van der Waals surface area contributed by atoms with Crippen LogP contribution in [-0.2, 0) is 22.4 Å². The van der Waals surface area contributed by atoms with Gasteiger partial charge in [0.15, 0.2) is 0 Å². The third kappa shape index (κ3) is 6.55. The number of aryl methyl sites for hydroxylation is 2. The molecule has 0 atom stereocenters. The second-order valence-electron chi connectivity index (χ2n) is 4.96. The number of carboxylic acids is 1. The SMILES string of the molecule is Cc1ccccc1CC(=O)Cl.Cc1ccccc1CC(=O)O. The Hall–Kier alpha value is -2.13. The molecule has 2 aromatic rings. The van der Waals surface area contributed by atoms with Crippen LogP contribution < -0.4 is 0 Å². The highest BCUT2D eigenvalue weighted by Crippen LogP contribution is 2.08. The molecule has 0 aliphatic heterocycles. The van der Waals surface area contributed by atoms with Crippen LogP contribution in [0.5, 0.6) is 0 Å². The molecule has 0 aliphatic rings. The molecular formula is C18H19ClO3. The van der Waals surface area contributed by atoms with Crippen molar-refractivity contribution in [3.8, 4) is 0 Å². The summed E-state index contributed by atoms with van der Waals surface area (Å²) in [6.07, 6.45) is 0.445. The highest BCUT2D eigenvalue weighted by molar-refractivity contribution is 6.63. The van der Waals surface area contributed by atoms with Crippen molar-refractivity contribution in [1.29, 1.82) is 0 Å². The van der Waals surface area contributed by atoms with Crippen molar-refractivity contribution in [2.75, 3.05) is 0 Å². The van der Waals surface area contributed by atoms with E-state index in [1.807, 2.05) is 62.4 Å². The van der Waals surface area contributed by atoms with E-state index in [4.69, 9.17) is 16.7 Å². The topological polar surface area (TPSA) is 54.4 Å². The third-order valence-electron chi connectivity index (χ3n) is 3.19. The molecule has 1 N–H and O–H groups in total. The van der Waals surface area contributed by atoms with Gasteiger partial charge in [-0.25, -0.2) is 0 Å². The van der Waals surface area contributed by atoms with Gasteiger partial charge in [-0.15, -0.1) is 0 Å². The lowest BCUT2D eigenvalue weighted by Crippen LogP contribution is -2.01. The smallest absolute Gasteiger partial charge is 0.307 e. The number of carboxylic acid groups (broad SMARTS) is 1. The van der Waals surface area contributed by atoms with Crippen molar-refractivity contribution in [2.45, 2.75) is 26.7 Å². The Kier molecular flexibility index (Phi) is 7.33. The number of aliphatic carboxylic acids is 1. The van der Waals surface area contributed by atoms with Crippen LogP contribution in [-0.4, -0.2) is 16.3 Å². The molecule has 0 bridgehead atoms.